The van der Waals surface area contributed by atoms with E-state index in [0.717, 1.165) is 12.0 Å². The smallest absolute Gasteiger partial charge is 0.123 e. The van der Waals surface area contributed by atoms with Gasteiger partial charge in [0, 0.05) is 0 Å². The van der Waals surface area contributed by atoms with Crippen LogP contribution in [0, 0.1) is 11.7 Å². The summed E-state index contributed by atoms with van der Waals surface area (Å²) in [5.74, 6) is 0.287. The summed E-state index contributed by atoms with van der Waals surface area (Å²) >= 11 is 0. The molecule has 0 aliphatic rings. The van der Waals surface area contributed by atoms with Gasteiger partial charge in [-0.25, -0.2) is 4.39 Å². The SMILES string of the molecule is C[C@H](CN)Cc1ccc(F)cc1. The van der Waals surface area contributed by atoms with E-state index in [0.29, 0.717) is 12.5 Å². The van der Waals surface area contributed by atoms with Crippen LogP contribution in [0.1, 0.15) is 12.5 Å². The Morgan fingerprint density at radius 2 is 1.92 bits per heavy atom. The lowest BCUT2D eigenvalue weighted by atomic mass is 10.0. The van der Waals surface area contributed by atoms with Crippen LogP contribution in [0.3, 0.4) is 0 Å². The Morgan fingerprint density at radius 1 is 1.33 bits per heavy atom. The van der Waals surface area contributed by atoms with E-state index in [1.165, 1.54) is 12.1 Å². The zero-order chi connectivity index (χ0) is 8.97. The Bertz CT molecular complexity index is 230. The fraction of sp³-hybridized carbons (Fsp3) is 0.400. The van der Waals surface area contributed by atoms with Crippen molar-refractivity contribution >= 4 is 0 Å². The molecule has 12 heavy (non-hydrogen) atoms. The van der Waals surface area contributed by atoms with Gasteiger partial charge in [-0.15, -0.1) is 0 Å². The van der Waals surface area contributed by atoms with Crippen LogP contribution in [0.5, 0.6) is 0 Å². The van der Waals surface area contributed by atoms with Crippen molar-refractivity contribution in [2.45, 2.75) is 13.3 Å². The molecule has 1 rings (SSSR count). The molecule has 1 aromatic carbocycles. The van der Waals surface area contributed by atoms with Gasteiger partial charge in [0.15, 0.2) is 0 Å². The average molecular weight is 167 g/mol. The Balaban J connectivity index is 2.58. The molecule has 0 fully saturated rings. The zero-order valence-electron chi connectivity index (χ0n) is 7.26. The van der Waals surface area contributed by atoms with Crippen LogP contribution in [0.25, 0.3) is 0 Å². The summed E-state index contributed by atoms with van der Waals surface area (Å²) in [5, 5.41) is 0. The number of hydrogen-bond donors (Lipinski definition) is 1. The first-order valence-corrected chi connectivity index (χ1v) is 4.17. The van der Waals surface area contributed by atoms with Crippen LogP contribution in [-0.4, -0.2) is 6.54 Å². The second-order valence-electron chi connectivity index (χ2n) is 3.17. The lowest BCUT2D eigenvalue weighted by Crippen LogP contribution is -2.12. The lowest BCUT2D eigenvalue weighted by molar-refractivity contribution is 0.589. The fourth-order valence-corrected chi connectivity index (χ4v) is 1.11. The molecule has 2 heteroatoms. The molecule has 0 aliphatic carbocycles. The highest BCUT2D eigenvalue weighted by molar-refractivity contribution is 5.16. The molecule has 0 unspecified atom stereocenters. The number of hydrogen-bond acceptors (Lipinski definition) is 1. The molecule has 0 bridgehead atoms. The predicted molar refractivity (Wildman–Crippen MR) is 48.3 cm³/mol. The molecule has 0 saturated heterocycles. The number of nitrogens with two attached hydrogens (primary N) is 1. The first kappa shape index (κ1) is 9.20. The van der Waals surface area contributed by atoms with Gasteiger partial charge in [0.05, 0.1) is 0 Å². The number of benzene rings is 1. The maximum atomic E-state index is 12.5. The maximum absolute atomic E-state index is 12.5. The summed E-state index contributed by atoms with van der Waals surface area (Å²) in [7, 11) is 0. The van der Waals surface area contributed by atoms with Crippen LogP contribution >= 0.6 is 0 Å². The lowest BCUT2D eigenvalue weighted by Gasteiger charge is -2.07. The molecule has 0 amide bonds. The standard InChI is InChI=1S/C10H14FN/c1-8(7-12)6-9-2-4-10(11)5-3-9/h2-5,8H,6-7,12H2,1H3/t8-/m0/s1. The second kappa shape index (κ2) is 4.21. The minimum absolute atomic E-state index is 0.181. The molecule has 1 nitrogen and oxygen atoms in total. The highest BCUT2D eigenvalue weighted by atomic mass is 19.1. The summed E-state index contributed by atoms with van der Waals surface area (Å²) in [6.45, 7) is 2.76. The highest BCUT2D eigenvalue weighted by Gasteiger charge is 2.00. The van der Waals surface area contributed by atoms with Gasteiger partial charge < -0.3 is 5.73 Å². The van der Waals surface area contributed by atoms with Crippen molar-refractivity contribution < 1.29 is 4.39 Å². The molecule has 0 aliphatic heterocycles. The van der Waals surface area contributed by atoms with Crippen LogP contribution in [-0.2, 0) is 6.42 Å². The molecular formula is C10H14FN. The maximum Gasteiger partial charge on any atom is 0.123 e. The minimum Gasteiger partial charge on any atom is -0.330 e. The molecule has 1 atom stereocenters. The number of halogens is 1. The first-order valence-electron chi connectivity index (χ1n) is 4.17. The molecule has 0 radical (unpaired) electrons. The summed E-state index contributed by atoms with van der Waals surface area (Å²) in [4.78, 5) is 0. The van der Waals surface area contributed by atoms with Crippen molar-refractivity contribution in [1.29, 1.82) is 0 Å². The fourth-order valence-electron chi connectivity index (χ4n) is 1.11. The van der Waals surface area contributed by atoms with Crippen molar-refractivity contribution in [3.63, 3.8) is 0 Å². The van der Waals surface area contributed by atoms with Crippen LogP contribution in [0.4, 0.5) is 4.39 Å². The number of rotatable bonds is 3. The van der Waals surface area contributed by atoms with Crippen molar-refractivity contribution in [3.8, 4) is 0 Å². The molecule has 0 saturated carbocycles. The van der Waals surface area contributed by atoms with Crippen LogP contribution < -0.4 is 5.73 Å². The molecule has 2 N–H and O–H groups in total. The Labute approximate surface area is 72.4 Å². The van der Waals surface area contributed by atoms with E-state index in [4.69, 9.17) is 5.73 Å². The zero-order valence-corrected chi connectivity index (χ0v) is 7.26. The largest absolute Gasteiger partial charge is 0.330 e. The van der Waals surface area contributed by atoms with Gasteiger partial charge in [0.25, 0.3) is 0 Å². The third kappa shape index (κ3) is 2.62. The molecule has 0 heterocycles. The van der Waals surface area contributed by atoms with Gasteiger partial charge in [-0.2, -0.15) is 0 Å². The van der Waals surface area contributed by atoms with Gasteiger partial charge >= 0.3 is 0 Å². The third-order valence-electron chi connectivity index (χ3n) is 1.90. The summed E-state index contributed by atoms with van der Waals surface area (Å²) in [6.07, 6.45) is 0.927. The van der Waals surface area contributed by atoms with Crippen molar-refractivity contribution in [2.24, 2.45) is 11.7 Å². The topological polar surface area (TPSA) is 26.0 Å². The van der Waals surface area contributed by atoms with Gasteiger partial charge in [0.2, 0.25) is 0 Å². The summed E-state index contributed by atoms with van der Waals surface area (Å²) in [5.41, 5.74) is 6.62. The van der Waals surface area contributed by atoms with E-state index < -0.39 is 0 Å². The molecule has 1 aromatic rings. The Morgan fingerprint density at radius 3 is 2.42 bits per heavy atom. The van der Waals surface area contributed by atoms with E-state index >= 15 is 0 Å². The Kier molecular flexibility index (Phi) is 3.23. The van der Waals surface area contributed by atoms with Crippen molar-refractivity contribution in [2.75, 3.05) is 6.54 Å². The van der Waals surface area contributed by atoms with E-state index in [9.17, 15) is 4.39 Å². The summed E-state index contributed by atoms with van der Waals surface area (Å²) < 4.78 is 12.5. The Hall–Kier alpha value is -0.890. The quantitative estimate of drug-likeness (QED) is 0.731. The average Bonchev–Trinajstić information content (AvgIpc) is 2.09. The molecule has 66 valence electrons. The monoisotopic (exact) mass is 167 g/mol. The van der Waals surface area contributed by atoms with Crippen molar-refractivity contribution in [1.82, 2.24) is 0 Å². The van der Waals surface area contributed by atoms with Crippen molar-refractivity contribution in [3.05, 3.63) is 35.6 Å². The second-order valence-corrected chi connectivity index (χ2v) is 3.17. The van der Waals surface area contributed by atoms with E-state index in [-0.39, 0.29) is 5.82 Å². The minimum atomic E-state index is -0.181. The molecule has 0 aromatic heterocycles. The first-order chi connectivity index (χ1) is 5.72. The van der Waals surface area contributed by atoms with E-state index in [2.05, 4.69) is 6.92 Å². The van der Waals surface area contributed by atoms with Crippen LogP contribution in [0.15, 0.2) is 24.3 Å². The van der Waals surface area contributed by atoms with E-state index in [1.54, 1.807) is 0 Å². The predicted octanol–water partition coefficient (Wildman–Crippen LogP) is 1.96. The highest BCUT2D eigenvalue weighted by Crippen LogP contribution is 2.08. The van der Waals surface area contributed by atoms with Gasteiger partial charge in [-0.1, -0.05) is 19.1 Å². The van der Waals surface area contributed by atoms with Gasteiger partial charge in [-0.3, -0.25) is 0 Å². The van der Waals surface area contributed by atoms with E-state index in [1.807, 2.05) is 12.1 Å². The molecule has 0 spiro atoms. The van der Waals surface area contributed by atoms with Gasteiger partial charge in [0.1, 0.15) is 5.82 Å². The summed E-state index contributed by atoms with van der Waals surface area (Å²) in [6, 6.07) is 6.58. The normalized spacial score (nSPS) is 12.9. The van der Waals surface area contributed by atoms with Crippen LogP contribution in [0.2, 0.25) is 0 Å². The third-order valence-corrected chi connectivity index (χ3v) is 1.90. The van der Waals surface area contributed by atoms with Gasteiger partial charge in [-0.05, 0) is 36.6 Å². The molecular weight excluding hydrogens is 153 g/mol.